The second kappa shape index (κ2) is 10.7. The molecule has 3 fully saturated rings. The highest BCUT2D eigenvalue weighted by molar-refractivity contribution is 5.76. The lowest BCUT2D eigenvalue weighted by Gasteiger charge is -2.38. The van der Waals surface area contributed by atoms with Gasteiger partial charge in [-0.1, -0.05) is 0 Å². The molecule has 0 aromatic rings. The molecule has 3 aliphatic heterocycles. The van der Waals surface area contributed by atoms with Gasteiger partial charge in [-0.3, -0.25) is 14.5 Å². The number of morpholine rings is 1. The molecule has 3 rings (SSSR count). The quantitative estimate of drug-likeness (QED) is 0.644. The zero-order valence-corrected chi connectivity index (χ0v) is 17.9. The predicted molar refractivity (Wildman–Crippen MR) is 111 cm³/mol. The maximum absolute atomic E-state index is 12.7. The van der Waals surface area contributed by atoms with Gasteiger partial charge in [-0.05, 0) is 32.1 Å². The minimum atomic E-state index is -0.722. The van der Waals surface area contributed by atoms with Gasteiger partial charge in [0.25, 0.3) is 0 Å². The van der Waals surface area contributed by atoms with E-state index in [1.165, 1.54) is 0 Å². The van der Waals surface area contributed by atoms with E-state index in [9.17, 15) is 14.7 Å². The third-order valence-corrected chi connectivity index (χ3v) is 6.53. The van der Waals surface area contributed by atoms with Gasteiger partial charge in [0.1, 0.15) is 0 Å². The molecular weight excluding hydrogens is 372 g/mol. The molecule has 0 unspecified atom stereocenters. The van der Waals surface area contributed by atoms with Gasteiger partial charge in [-0.2, -0.15) is 0 Å². The lowest BCUT2D eigenvalue weighted by Crippen LogP contribution is -2.50. The number of aliphatic hydroxyl groups is 1. The number of piperidine rings is 1. The molecule has 2 N–H and O–H groups in total. The van der Waals surface area contributed by atoms with E-state index in [2.05, 4.69) is 15.1 Å². The summed E-state index contributed by atoms with van der Waals surface area (Å²) in [5, 5.41) is 14.2. The van der Waals surface area contributed by atoms with Crippen LogP contribution in [0, 0.1) is 0 Å². The van der Waals surface area contributed by atoms with Crippen LogP contribution in [0.3, 0.4) is 0 Å². The normalized spacial score (nSPS) is 28.1. The van der Waals surface area contributed by atoms with Crippen molar-refractivity contribution in [3.8, 4) is 0 Å². The average Bonchev–Trinajstić information content (AvgIpc) is 2.90. The molecule has 8 heteroatoms. The molecule has 29 heavy (non-hydrogen) atoms. The monoisotopic (exact) mass is 410 g/mol. The minimum Gasteiger partial charge on any atom is -0.388 e. The molecule has 8 nitrogen and oxygen atoms in total. The first kappa shape index (κ1) is 22.5. The molecule has 166 valence electrons. The fourth-order valence-corrected chi connectivity index (χ4v) is 4.76. The van der Waals surface area contributed by atoms with Crippen molar-refractivity contribution in [3.05, 3.63) is 0 Å². The highest BCUT2D eigenvalue weighted by Crippen LogP contribution is 2.25. The van der Waals surface area contributed by atoms with E-state index in [4.69, 9.17) is 4.74 Å². The van der Waals surface area contributed by atoms with Gasteiger partial charge in [0, 0.05) is 71.7 Å². The van der Waals surface area contributed by atoms with Crippen LogP contribution in [0.5, 0.6) is 0 Å². The summed E-state index contributed by atoms with van der Waals surface area (Å²) in [6, 6.07) is 0.257. The van der Waals surface area contributed by atoms with Crippen LogP contribution in [0.15, 0.2) is 0 Å². The second-order valence-corrected chi connectivity index (χ2v) is 8.91. The first-order valence-corrected chi connectivity index (χ1v) is 11.2. The van der Waals surface area contributed by atoms with Crippen molar-refractivity contribution in [1.29, 1.82) is 0 Å². The maximum atomic E-state index is 12.7. The van der Waals surface area contributed by atoms with Crippen molar-refractivity contribution < 1.29 is 19.4 Å². The van der Waals surface area contributed by atoms with Crippen LogP contribution >= 0.6 is 0 Å². The van der Waals surface area contributed by atoms with Crippen molar-refractivity contribution in [1.82, 2.24) is 20.0 Å². The van der Waals surface area contributed by atoms with Gasteiger partial charge in [-0.15, -0.1) is 0 Å². The van der Waals surface area contributed by atoms with Gasteiger partial charge in [0.15, 0.2) is 0 Å². The fraction of sp³-hybridized carbons (Fsp3) is 0.905. The van der Waals surface area contributed by atoms with Crippen LogP contribution in [0.25, 0.3) is 0 Å². The molecule has 0 bridgehead atoms. The largest absolute Gasteiger partial charge is 0.388 e. The zero-order chi connectivity index (χ0) is 20.7. The maximum Gasteiger partial charge on any atom is 0.223 e. The van der Waals surface area contributed by atoms with E-state index in [-0.39, 0.29) is 17.9 Å². The number of hydrogen-bond donors (Lipinski definition) is 2. The number of amides is 2. The average molecular weight is 411 g/mol. The zero-order valence-electron chi connectivity index (χ0n) is 17.9. The Morgan fingerprint density at radius 3 is 2.45 bits per heavy atom. The Hall–Kier alpha value is -1.22. The van der Waals surface area contributed by atoms with E-state index in [0.29, 0.717) is 25.9 Å². The van der Waals surface area contributed by atoms with Gasteiger partial charge >= 0.3 is 0 Å². The van der Waals surface area contributed by atoms with Crippen molar-refractivity contribution in [2.24, 2.45) is 0 Å². The molecular formula is C21H38N4O4. The predicted octanol–water partition coefficient (Wildman–Crippen LogP) is 0.0528. The standard InChI is InChI=1S/C21H38N4O4/c1-18(26)22-19-3-9-24(10-4-19)17-21(28)6-2-8-25(12-7-21)20(27)5-11-23-13-15-29-16-14-23/h19,28H,2-17H2,1H3,(H,22,26)/t21-/m0/s1. The van der Waals surface area contributed by atoms with Crippen LogP contribution in [0.1, 0.15) is 45.4 Å². The first-order chi connectivity index (χ1) is 13.9. The number of carbonyl (C=O) groups excluding carboxylic acids is 2. The van der Waals surface area contributed by atoms with Crippen molar-refractivity contribution in [2.75, 3.05) is 65.6 Å². The number of carbonyl (C=O) groups is 2. The van der Waals surface area contributed by atoms with E-state index >= 15 is 0 Å². The van der Waals surface area contributed by atoms with E-state index in [1.54, 1.807) is 6.92 Å². The van der Waals surface area contributed by atoms with Gasteiger partial charge in [-0.25, -0.2) is 0 Å². The van der Waals surface area contributed by atoms with Crippen molar-refractivity contribution in [2.45, 2.75) is 57.1 Å². The molecule has 3 heterocycles. The fourth-order valence-electron chi connectivity index (χ4n) is 4.76. The molecule has 0 aromatic heterocycles. The summed E-state index contributed by atoms with van der Waals surface area (Å²) in [4.78, 5) is 30.4. The lowest BCUT2D eigenvalue weighted by molar-refractivity contribution is -0.132. The van der Waals surface area contributed by atoms with Crippen LogP contribution in [-0.2, 0) is 14.3 Å². The van der Waals surface area contributed by atoms with Gasteiger partial charge in [0.2, 0.25) is 11.8 Å². The molecule has 1 atom stereocenters. The number of hydrogen-bond acceptors (Lipinski definition) is 6. The SMILES string of the molecule is CC(=O)NC1CCN(C[C@]2(O)CCCN(C(=O)CCN3CCOCC3)CC2)CC1. The Morgan fingerprint density at radius 2 is 1.76 bits per heavy atom. The van der Waals surface area contributed by atoms with Gasteiger partial charge in [0.05, 0.1) is 18.8 Å². The lowest BCUT2D eigenvalue weighted by atomic mass is 9.93. The summed E-state index contributed by atoms with van der Waals surface area (Å²) in [6.45, 7) is 9.54. The third kappa shape index (κ3) is 7.20. The van der Waals surface area contributed by atoms with Crippen LogP contribution in [-0.4, -0.2) is 109 Å². The molecule has 0 spiro atoms. The van der Waals surface area contributed by atoms with Gasteiger partial charge < -0.3 is 25.0 Å². The second-order valence-electron chi connectivity index (χ2n) is 8.91. The topological polar surface area (TPSA) is 85.4 Å². The number of nitrogens with zero attached hydrogens (tertiary/aromatic N) is 3. The van der Waals surface area contributed by atoms with Crippen molar-refractivity contribution in [3.63, 3.8) is 0 Å². The van der Waals surface area contributed by atoms with Crippen LogP contribution in [0.2, 0.25) is 0 Å². The molecule has 3 aliphatic rings. The number of likely N-dealkylation sites (tertiary alicyclic amines) is 2. The Labute approximate surface area is 174 Å². The summed E-state index contributed by atoms with van der Waals surface area (Å²) in [5.74, 6) is 0.237. The van der Waals surface area contributed by atoms with E-state index in [0.717, 1.165) is 78.2 Å². The number of nitrogens with one attached hydrogen (secondary N) is 1. The Balaban J connectivity index is 1.40. The molecule has 0 radical (unpaired) electrons. The van der Waals surface area contributed by atoms with Crippen molar-refractivity contribution >= 4 is 11.8 Å². The number of ether oxygens (including phenoxy) is 1. The Bertz CT molecular complexity index is 547. The van der Waals surface area contributed by atoms with E-state index < -0.39 is 5.60 Å². The summed E-state index contributed by atoms with van der Waals surface area (Å²) < 4.78 is 5.36. The van der Waals surface area contributed by atoms with Crippen LogP contribution < -0.4 is 5.32 Å². The summed E-state index contributed by atoms with van der Waals surface area (Å²) in [6.07, 6.45) is 4.65. The molecule has 0 saturated carbocycles. The first-order valence-electron chi connectivity index (χ1n) is 11.2. The summed E-state index contributed by atoms with van der Waals surface area (Å²) >= 11 is 0. The summed E-state index contributed by atoms with van der Waals surface area (Å²) in [7, 11) is 0. The third-order valence-electron chi connectivity index (χ3n) is 6.53. The Morgan fingerprint density at radius 1 is 1.03 bits per heavy atom. The number of β-amino-alcohol motifs (C(OH)–C–C–N with tert-alkyl or cyclic N) is 1. The summed E-state index contributed by atoms with van der Waals surface area (Å²) in [5.41, 5.74) is -0.722. The molecule has 2 amide bonds. The molecule has 3 saturated heterocycles. The molecule has 0 aromatic carbocycles. The minimum absolute atomic E-state index is 0.0317. The van der Waals surface area contributed by atoms with Crippen LogP contribution in [0.4, 0.5) is 0 Å². The molecule has 0 aliphatic carbocycles. The van der Waals surface area contributed by atoms with E-state index in [1.807, 2.05) is 4.90 Å². The highest BCUT2D eigenvalue weighted by Gasteiger charge is 2.34. The smallest absolute Gasteiger partial charge is 0.223 e. The highest BCUT2D eigenvalue weighted by atomic mass is 16.5. The Kier molecular flexibility index (Phi) is 8.29. The number of rotatable bonds is 6.